The average molecular weight is 344 g/mol. The molecule has 0 amide bonds. The van der Waals surface area contributed by atoms with Gasteiger partial charge < -0.3 is 9.47 Å². The van der Waals surface area contributed by atoms with Gasteiger partial charge in [-0.15, -0.1) is 0 Å². The van der Waals surface area contributed by atoms with Crippen LogP contribution in [0.3, 0.4) is 0 Å². The van der Waals surface area contributed by atoms with Crippen molar-refractivity contribution in [3.63, 3.8) is 0 Å². The summed E-state index contributed by atoms with van der Waals surface area (Å²) in [5.74, 6) is 1.40. The molecule has 0 saturated heterocycles. The van der Waals surface area contributed by atoms with Gasteiger partial charge in [0, 0.05) is 6.20 Å². The summed E-state index contributed by atoms with van der Waals surface area (Å²) in [4.78, 5) is 4.17. The molecule has 21 heavy (non-hydrogen) atoms. The maximum absolute atomic E-state index is 5.91. The second-order valence-electron chi connectivity index (χ2n) is 4.56. The van der Waals surface area contributed by atoms with Crippen LogP contribution in [-0.2, 0) is 6.61 Å². The molecule has 0 saturated carbocycles. The topological polar surface area (TPSA) is 31.4 Å². The van der Waals surface area contributed by atoms with E-state index in [9.17, 15) is 0 Å². The van der Waals surface area contributed by atoms with Crippen LogP contribution in [0, 0.1) is 0 Å². The van der Waals surface area contributed by atoms with Crippen LogP contribution < -0.4 is 9.47 Å². The van der Waals surface area contributed by atoms with Crippen molar-refractivity contribution >= 4 is 26.7 Å². The largest absolute Gasteiger partial charge is 0.487 e. The predicted molar refractivity (Wildman–Crippen MR) is 86.8 cm³/mol. The molecule has 0 unspecified atom stereocenters. The predicted octanol–water partition coefficient (Wildman–Crippen LogP) is 4.58. The third-order valence-electron chi connectivity index (χ3n) is 3.25. The summed E-state index contributed by atoms with van der Waals surface area (Å²) in [5.41, 5.74) is 0.917. The SMILES string of the molecule is COc1ncccc1COc1ccc2ccccc2c1Br. The Morgan fingerprint density at radius 3 is 2.76 bits per heavy atom. The molecular formula is C17H14BrNO2. The number of pyridine rings is 1. The molecule has 0 N–H and O–H groups in total. The van der Waals surface area contributed by atoms with E-state index in [0.29, 0.717) is 12.5 Å². The normalized spacial score (nSPS) is 10.6. The summed E-state index contributed by atoms with van der Waals surface area (Å²) in [5, 5.41) is 2.31. The van der Waals surface area contributed by atoms with E-state index in [-0.39, 0.29) is 0 Å². The summed E-state index contributed by atoms with van der Waals surface area (Å²) in [6.07, 6.45) is 1.70. The van der Waals surface area contributed by atoms with Gasteiger partial charge in [0.05, 0.1) is 17.1 Å². The van der Waals surface area contributed by atoms with Gasteiger partial charge in [-0.3, -0.25) is 0 Å². The molecule has 0 aliphatic rings. The van der Waals surface area contributed by atoms with Crippen molar-refractivity contribution < 1.29 is 9.47 Å². The summed E-state index contributed by atoms with van der Waals surface area (Å²) >= 11 is 3.62. The first-order valence-corrected chi connectivity index (χ1v) is 7.37. The molecule has 0 fully saturated rings. The molecule has 1 aromatic heterocycles. The molecule has 3 aromatic rings. The van der Waals surface area contributed by atoms with Gasteiger partial charge in [0.1, 0.15) is 12.4 Å². The molecule has 0 aliphatic heterocycles. The van der Waals surface area contributed by atoms with E-state index in [2.05, 4.69) is 39.1 Å². The van der Waals surface area contributed by atoms with Crippen LogP contribution in [-0.4, -0.2) is 12.1 Å². The van der Waals surface area contributed by atoms with Crippen LogP contribution in [0.1, 0.15) is 5.56 Å². The summed E-state index contributed by atoms with van der Waals surface area (Å²) in [6.45, 7) is 0.411. The lowest BCUT2D eigenvalue weighted by Crippen LogP contribution is -2.00. The van der Waals surface area contributed by atoms with Crippen molar-refractivity contribution in [2.45, 2.75) is 6.61 Å². The molecule has 0 bridgehead atoms. The molecule has 0 aliphatic carbocycles. The second-order valence-corrected chi connectivity index (χ2v) is 5.35. The van der Waals surface area contributed by atoms with Gasteiger partial charge >= 0.3 is 0 Å². The highest BCUT2D eigenvalue weighted by atomic mass is 79.9. The Kier molecular flexibility index (Phi) is 4.06. The maximum atomic E-state index is 5.91. The smallest absolute Gasteiger partial charge is 0.219 e. The molecule has 0 radical (unpaired) electrons. The van der Waals surface area contributed by atoms with E-state index in [0.717, 1.165) is 21.2 Å². The van der Waals surface area contributed by atoms with Crippen molar-refractivity contribution in [1.82, 2.24) is 4.98 Å². The Bertz CT molecular complexity index is 774. The van der Waals surface area contributed by atoms with E-state index >= 15 is 0 Å². The molecule has 0 spiro atoms. The van der Waals surface area contributed by atoms with Crippen LogP contribution in [0.4, 0.5) is 0 Å². The number of halogens is 1. The van der Waals surface area contributed by atoms with E-state index in [1.54, 1.807) is 13.3 Å². The Labute approximate surface area is 131 Å². The Morgan fingerprint density at radius 1 is 1.05 bits per heavy atom. The number of benzene rings is 2. The summed E-state index contributed by atoms with van der Waals surface area (Å²) in [6, 6.07) is 16.0. The minimum atomic E-state index is 0.411. The van der Waals surface area contributed by atoms with E-state index < -0.39 is 0 Å². The monoisotopic (exact) mass is 343 g/mol. The zero-order valence-electron chi connectivity index (χ0n) is 11.5. The molecular weight excluding hydrogens is 330 g/mol. The minimum Gasteiger partial charge on any atom is -0.487 e. The highest BCUT2D eigenvalue weighted by Crippen LogP contribution is 2.33. The lowest BCUT2D eigenvalue weighted by atomic mass is 10.1. The van der Waals surface area contributed by atoms with Gasteiger partial charge in [-0.05, 0) is 44.9 Å². The number of aromatic nitrogens is 1. The van der Waals surface area contributed by atoms with Crippen molar-refractivity contribution in [3.8, 4) is 11.6 Å². The van der Waals surface area contributed by atoms with Crippen molar-refractivity contribution in [1.29, 1.82) is 0 Å². The highest BCUT2D eigenvalue weighted by Gasteiger charge is 2.08. The molecule has 3 nitrogen and oxygen atoms in total. The first-order chi connectivity index (χ1) is 10.3. The number of ether oxygens (including phenoxy) is 2. The van der Waals surface area contributed by atoms with Gasteiger partial charge in [-0.25, -0.2) is 4.98 Å². The van der Waals surface area contributed by atoms with Crippen molar-refractivity contribution in [2.75, 3.05) is 7.11 Å². The molecule has 3 rings (SSSR count). The van der Waals surface area contributed by atoms with Crippen molar-refractivity contribution in [2.24, 2.45) is 0 Å². The molecule has 0 atom stereocenters. The minimum absolute atomic E-state index is 0.411. The number of rotatable bonds is 4. The van der Waals surface area contributed by atoms with E-state index in [1.807, 2.05) is 30.3 Å². The molecule has 2 aromatic carbocycles. The van der Waals surface area contributed by atoms with Crippen LogP contribution in [0.2, 0.25) is 0 Å². The molecule has 1 heterocycles. The van der Waals surface area contributed by atoms with Crippen LogP contribution >= 0.6 is 15.9 Å². The standard InChI is InChI=1S/C17H14BrNO2/c1-20-17-13(6-4-10-19-17)11-21-15-9-8-12-5-2-3-7-14(12)16(15)18/h2-10H,11H2,1H3. The van der Waals surface area contributed by atoms with Crippen LogP contribution in [0.5, 0.6) is 11.6 Å². The lowest BCUT2D eigenvalue weighted by Gasteiger charge is -2.12. The molecule has 4 heteroatoms. The van der Waals surface area contributed by atoms with E-state index in [1.165, 1.54) is 5.39 Å². The fourth-order valence-corrected chi connectivity index (χ4v) is 2.81. The maximum Gasteiger partial charge on any atom is 0.219 e. The van der Waals surface area contributed by atoms with Gasteiger partial charge in [0.2, 0.25) is 5.88 Å². The Morgan fingerprint density at radius 2 is 1.90 bits per heavy atom. The third kappa shape index (κ3) is 2.85. The Balaban J connectivity index is 1.87. The summed E-state index contributed by atoms with van der Waals surface area (Å²) < 4.78 is 12.1. The van der Waals surface area contributed by atoms with Gasteiger partial charge in [0.15, 0.2) is 0 Å². The van der Waals surface area contributed by atoms with E-state index in [4.69, 9.17) is 9.47 Å². The van der Waals surface area contributed by atoms with Gasteiger partial charge in [-0.1, -0.05) is 30.3 Å². The van der Waals surface area contributed by atoms with Crippen molar-refractivity contribution in [3.05, 3.63) is 64.8 Å². The third-order valence-corrected chi connectivity index (χ3v) is 4.07. The Hall–Kier alpha value is -2.07. The quantitative estimate of drug-likeness (QED) is 0.694. The van der Waals surface area contributed by atoms with Gasteiger partial charge in [0.25, 0.3) is 0 Å². The fraction of sp³-hybridized carbons (Fsp3) is 0.118. The van der Waals surface area contributed by atoms with Crippen LogP contribution in [0.25, 0.3) is 10.8 Å². The number of fused-ring (bicyclic) bond motifs is 1. The van der Waals surface area contributed by atoms with Gasteiger partial charge in [-0.2, -0.15) is 0 Å². The summed E-state index contributed by atoms with van der Waals surface area (Å²) in [7, 11) is 1.61. The number of nitrogens with zero attached hydrogens (tertiary/aromatic N) is 1. The number of hydrogen-bond donors (Lipinski definition) is 0. The van der Waals surface area contributed by atoms with Crippen LogP contribution in [0.15, 0.2) is 59.2 Å². The zero-order valence-corrected chi connectivity index (χ0v) is 13.1. The fourth-order valence-electron chi connectivity index (χ4n) is 2.20. The first-order valence-electron chi connectivity index (χ1n) is 6.57. The molecule has 106 valence electrons. The second kappa shape index (κ2) is 6.14. The highest BCUT2D eigenvalue weighted by molar-refractivity contribution is 9.10. The number of methoxy groups -OCH3 is 1. The zero-order chi connectivity index (χ0) is 14.7. The number of hydrogen-bond acceptors (Lipinski definition) is 3. The first kappa shape index (κ1) is 13.9. The lowest BCUT2D eigenvalue weighted by molar-refractivity contribution is 0.292. The average Bonchev–Trinajstić information content (AvgIpc) is 2.55.